The minimum Gasteiger partial charge on any atom is -0.354 e. The molecule has 0 aliphatic carbocycles. The van der Waals surface area contributed by atoms with E-state index in [1.807, 2.05) is 49.4 Å². The lowest BCUT2D eigenvalue weighted by atomic mass is 10.1. The van der Waals surface area contributed by atoms with E-state index in [2.05, 4.69) is 32.1 Å². The second-order valence-electron chi connectivity index (χ2n) is 8.32. The summed E-state index contributed by atoms with van der Waals surface area (Å²) in [4.78, 5) is 29.4. The molecule has 1 aliphatic rings. The lowest BCUT2D eigenvalue weighted by Gasteiger charge is -2.28. The standard InChI is InChI=1S/C26H27N7O/c1-3-21-18(2)22-16-29-26(30-20-9-10-23(28-15-20)32-13-11-27-12-14-32)31-24(22)33(25(21)34)17-19-7-5-4-6-8-19/h3-10,15-16,27H,1,11-14,17H2,2H3,(H,29,30,31). The van der Waals surface area contributed by atoms with Crippen molar-refractivity contribution in [1.82, 2.24) is 24.8 Å². The molecule has 1 fully saturated rings. The number of aryl methyl sites for hydroxylation is 1. The van der Waals surface area contributed by atoms with Crippen LogP contribution in [0.25, 0.3) is 17.1 Å². The number of fused-ring (bicyclic) bond motifs is 1. The average molecular weight is 454 g/mol. The van der Waals surface area contributed by atoms with Crippen molar-refractivity contribution in [3.8, 4) is 0 Å². The van der Waals surface area contributed by atoms with E-state index in [-0.39, 0.29) is 5.56 Å². The predicted octanol–water partition coefficient (Wildman–Crippen LogP) is 3.34. The number of nitrogens with one attached hydrogen (secondary N) is 2. The van der Waals surface area contributed by atoms with Crippen LogP contribution in [-0.2, 0) is 6.54 Å². The molecule has 34 heavy (non-hydrogen) atoms. The van der Waals surface area contributed by atoms with Crippen molar-refractivity contribution in [2.75, 3.05) is 36.4 Å². The minimum absolute atomic E-state index is 0.115. The monoisotopic (exact) mass is 453 g/mol. The molecule has 0 radical (unpaired) electrons. The van der Waals surface area contributed by atoms with Gasteiger partial charge in [-0.2, -0.15) is 4.98 Å². The van der Waals surface area contributed by atoms with Gasteiger partial charge in [0.25, 0.3) is 5.56 Å². The molecular weight excluding hydrogens is 426 g/mol. The van der Waals surface area contributed by atoms with E-state index in [0.717, 1.165) is 54.2 Å². The highest BCUT2D eigenvalue weighted by Crippen LogP contribution is 2.22. The molecule has 1 saturated heterocycles. The van der Waals surface area contributed by atoms with E-state index < -0.39 is 0 Å². The summed E-state index contributed by atoms with van der Waals surface area (Å²) in [6.07, 6.45) is 5.15. The third kappa shape index (κ3) is 4.27. The zero-order valence-electron chi connectivity index (χ0n) is 19.2. The first-order chi connectivity index (χ1) is 16.6. The Labute approximate surface area is 198 Å². The molecule has 1 aromatic carbocycles. The third-order valence-corrected chi connectivity index (χ3v) is 6.14. The number of hydrogen-bond acceptors (Lipinski definition) is 7. The van der Waals surface area contributed by atoms with Gasteiger partial charge < -0.3 is 15.5 Å². The number of nitrogens with zero attached hydrogens (tertiary/aromatic N) is 5. The molecule has 8 nitrogen and oxygen atoms in total. The Kier molecular flexibility index (Phi) is 6.05. The van der Waals surface area contributed by atoms with Gasteiger partial charge in [-0.15, -0.1) is 0 Å². The largest absolute Gasteiger partial charge is 0.354 e. The van der Waals surface area contributed by atoms with Crippen molar-refractivity contribution in [2.24, 2.45) is 0 Å². The Bertz CT molecular complexity index is 1370. The van der Waals surface area contributed by atoms with E-state index in [9.17, 15) is 4.79 Å². The summed E-state index contributed by atoms with van der Waals surface area (Å²) in [6, 6.07) is 13.9. The highest BCUT2D eigenvalue weighted by atomic mass is 16.1. The molecule has 3 aromatic heterocycles. The van der Waals surface area contributed by atoms with E-state index in [1.165, 1.54) is 0 Å². The number of piperazine rings is 1. The molecule has 2 N–H and O–H groups in total. The van der Waals surface area contributed by atoms with E-state index in [4.69, 9.17) is 4.98 Å². The van der Waals surface area contributed by atoms with Gasteiger partial charge in [-0.05, 0) is 30.2 Å². The third-order valence-electron chi connectivity index (χ3n) is 6.14. The van der Waals surface area contributed by atoms with Crippen LogP contribution in [0, 0.1) is 6.92 Å². The molecular formula is C26H27N7O. The maximum atomic E-state index is 13.3. The molecule has 172 valence electrons. The number of aromatic nitrogens is 4. The summed E-state index contributed by atoms with van der Waals surface area (Å²) in [6.45, 7) is 9.97. The molecule has 8 heteroatoms. The van der Waals surface area contributed by atoms with Crippen LogP contribution in [0.1, 0.15) is 16.7 Å². The quantitative estimate of drug-likeness (QED) is 0.463. The summed E-state index contributed by atoms with van der Waals surface area (Å²) in [5.41, 5.74) is 3.67. The van der Waals surface area contributed by atoms with Gasteiger partial charge in [0.2, 0.25) is 5.95 Å². The van der Waals surface area contributed by atoms with Gasteiger partial charge in [-0.25, -0.2) is 9.97 Å². The van der Waals surface area contributed by atoms with Gasteiger partial charge >= 0.3 is 0 Å². The molecule has 5 rings (SSSR count). The van der Waals surface area contributed by atoms with Crippen molar-refractivity contribution in [2.45, 2.75) is 13.5 Å². The van der Waals surface area contributed by atoms with Crippen LogP contribution in [0.4, 0.5) is 17.5 Å². The number of anilines is 3. The molecule has 0 spiro atoms. The fourth-order valence-electron chi connectivity index (χ4n) is 4.27. The van der Waals surface area contributed by atoms with Crippen LogP contribution < -0.4 is 21.1 Å². The summed E-state index contributed by atoms with van der Waals surface area (Å²) in [5, 5.41) is 7.41. The molecule has 0 saturated carbocycles. The Morgan fingerprint density at radius 3 is 2.59 bits per heavy atom. The topological polar surface area (TPSA) is 88.0 Å². The number of rotatable bonds is 6. The van der Waals surface area contributed by atoms with Gasteiger partial charge in [0.1, 0.15) is 11.5 Å². The molecule has 4 heterocycles. The van der Waals surface area contributed by atoms with E-state index in [0.29, 0.717) is 23.7 Å². The highest BCUT2D eigenvalue weighted by Gasteiger charge is 2.16. The molecule has 1 aliphatic heterocycles. The first kappa shape index (κ1) is 21.8. The van der Waals surface area contributed by atoms with Gasteiger partial charge in [0.15, 0.2) is 0 Å². The van der Waals surface area contributed by atoms with Crippen molar-refractivity contribution >= 4 is 34.6 Å². The minimum atomic E-state index is -0.115. The number of pyridine rings is 2. The van der Waals surface area contributed by atoms with E-state index >= 15 is 0 Å². The molecule has 4 aromatic rings. The fraction of sp³-hybridized carbons (Fsp3) is 0.231. The predicted molar refractivity (Wildman–Crippen MR) is 137 cm³/mol. The second kappa shape index (κ2) is 9.44. The van der Waals surface area contributed by atoms with Crippen LogP contribution in [0.5, 0.6) is 0 Å². The Balaban J connectivity index is 1.50. The summed E-state index contributed by atoms with van der Waals surface area (Å²) in [7, 11) is 0. The maximum Gasteiger partial charge on any atom is 0.260 e. The van der Waals surface area contributed by atoms with Gasteiger partial charge in [-0.1, -0.05) is 43.0 Å². The van der Waals surface area contributed by atoms with Gasteiger partial charge in [0, 0.05) is 43.3 Å². The Hall–Kier alpha value is -4.04. The van der Waals surface area contributed by atoms with Crippen molar-refractivity contribution in [3.05, 3.63) is 88.5 Å². The maximum absolute atomic E-state index is 13.3. The Morgan fingerprint density at radius 1 is 1.09 bits per heavy atom. The van der Waals surface area contributed by atoms with Gasteiger partial charge in [-0.3, -0.25) is 9.36 Å². The molecule has 0 amide bonds. The van der Waals surface area contributed by atoms with Crippen LogP contribution >= 0.6 is 0 Å². The molecule has 0 unspecified atom stereocenters. The molecule has 0 bridgehead atoms. The zero-order valence-corrected chi connectivity index (χ0v) is 19.2. The number of hydrogen-bond donors (Lipinski definition) is 2. The van der Waals surface area contributed by atoms with Gasteiger partial charge in [0.05, 0.1) is 18.4 Å². The van der Waals surface area contributed by atoms with Crippen LogP contribution in [0.2, 0.25) is 0 Å². The van der Waals surface area contributed by atoms with Crippen LogP contribution in [0.3, 0.4) is 0 Å². The summed E-state index contributed by atoms with van der Waals surface area (Å²) >= 11 is 0. The normalized spacial score (nSPS) is 13.7. The lowest BCUT2D eigenvalue weighted by molar-refractivity contribution is 0.585. The summed E-state index contributed by atoms with van der Waals surface area (Å²) < 4.78 is 1.69. The average Bonchev–Trinajstić information content (AvgIpc) is 2.88. The van der Waals surface area contributed by atoms with Crippen molar-refractivity contribution < 1.29 is 0 Å². The lowest BCUT2D eigenvalue weighted by Crippen LogP contribution is -2.43. The molecule has 0 atom stereocenters. The Morgan fingerprint density at radius 2 is 1.88 bits per heavy atom. The second-order valence-corrected chi connectivity index (χ2v) is 8.32. The van der Waals surface area contributed by atoms with Crippen molar-refractivity contribution in [1.29, 1.82) is 0 Å². The smallest absolute Gasteiger partial charge is 0.260 e. The highest BCUT2D eigenvalue weighted by molar-refractivity contribution is 5.83. The van der Waals surface area contributed by atoms with E-state index in [1.54, 1.807) is 23.0 Å². The van der Waals surface area contributed by atoms with Crippen molar-refractivity contribution in [3.63, 3.8) is 0 Å². The number of benzene rings is 1. The fourth-order valence-corrected chi connectivity index (χ4v) is 4.27. The first-order valence-electron chi connectivity index (χ1n) is 11.4. The van der Waals surface area contributed by atoms with Crippen LogP contribution in [-0.4, -0.2) is 45.7 Å². The zero-order chi connectivity index (χ0) is 23.5. The van der Waals surface area contributed by atoms with Crippen LogP contribution in [0.15, 0.2) is 66.2 Å². The first-order valence-corrected chi connectivity index (χ1v) is 11.4. The SMILES string of the molecule is C=Cc1c(C)c2cnc(Nc3ccc(N4CCNCC4)nc3)nc2n(Cc2ccccc2)c1=O. The summed E-state index contributed by atoms with van der Waals surface area (Å²) in [5.74, 6) is 1.37.